The van der Waals surface area contributed by atoms with Gasteiger partial charge >= 0.3 is 5.97 Å². The molecule has 0 saturated carbocycles. The first-order valence-electron chi connectivity index (χ1n) is 6.02. The zero-order valence-electron chi connectivity index (χ0n) is 10.4. The maximum atomic E-state index is 11.1. The van der Waals surface area contributed by atoms with E-state index in [2.05, 4.69) is 0 Å². The second-order valence-corrected chi connectivity index (χ2v) is 4.50. The van der Waals surface area contributed by atoms with Crippen LogP contribution in [0.5, 0.6) is 0 Å². The van der Waals surface area contributed by atoms with Gasteiger partial charge in [0.2, 0.25) is 5.91 Å². The Morgan fingerprint density at radius 1 is 1.47 bits per heavy atom. The Kier molecular flexibility index (Phi) is 4.13. The molecule has 1 aromatic rings. The second kappa shape index (κ2) is 5.81. The van der Waals surface area contributed by atoms with Gasteiger partial charge in [-0.15, -0.1) is 0 Å². The fraction of sp³-hybridized carbons (Fsp3) is 0.385. The number of ether oxygens (including phenoxy) is 1. The van der Waals surface area contributed by atoms with Crippen LogP contribution in [-0.4, -0.2) is 47.7 Å². The lowest BCUT2D eigenvalue weighted by molar-refractivity contribution is -0.135. The predicted octanol–water partition coefficient (Wildman–Crippen LogP) is 0.0709. The van der Waals surface area contributed by atoms with Gasteiger partial charge in [0.1, 0.15) is 6.10 Å². The van der Waals surface area contributed by atoms with Crippen LogP contribution in [0.3, 0.4) is 0 Å². The Bertz CT molecular complexity index is 489. The number of aromatic carboxylic acids is 1. The number of hydrogen-bond donors (Lipinski definition) is 2. The van der Waals surface area contributed by atoms with Gasteiger partial charge in [-0.05, 0) is 17.7 Å². The summed E-state index contributed by atoms with van der Waals surface area (Å²) in [6, 6.07) is 6.76. The van der Waals surface area contributed by atoms with E-state index >= 15 is 0 Å². The summed E-state index contributed by atoms with van der Waals surface area (Å²) in [5, 5.41) is 8.94. The lowest BCUT2D eigenvalue weighted by Gasteiger charge is -2.31. The molecule has 3 N–H and O–H groups in total. The highest BCUT2D eigenvalue weighted by atomic mass is 16.5. The number of nitrogens with two attached hydrogens (primary N) is 1. The summed E-state index contributed by atoms with van der Waals surface area (Å²) in [5.41, 5.74) is 6.37. The molecule has 0 aromatic heterocycles. The lowest BCUT2D eigenvalue weighted by Crippen LogP contribution is -2.47. The molecule has 1 aromatic carbocycles. The van der Waals surface area contributed by atoms with Gasteiger partial charge in [-0.2, -0.15) is 0 Å². The first kappa shape index (κ1) is 13.5. The molecule has 6 nitrogen and oxygen atoms in total. The number of amides is 1. The van der Waals surface area contributed by atoms with Crippen molar-refractivity contribution < 1.29 is 19.4 Å². The zero-order valence-corrected chi connectivity index (χ0v) is 10.4. The number of carbonyl (C=O) groups is 2. The molecule has 1 saturated heterocycles. The summed E-state index contributed by atoms with van der Waals surface area (Å²) < 4.78 is 5.26. The zero-order chi connectivity index (χ0) is 13.8. The normalized spacial score (nSPS) is 20.1. The number of hydrogen-bond acceptors (Lipinski definition) is 4. The largest absolute Gasteiger partial charge is 0.478 e. The van der Waals surface area contributed by atoms with E-state index < -0.39 is 18.0 Å². The molecule has 0 bridgehead atoms. The smallest absolute Gasteiger partial charge is 0.335 e. The highest BCUT2D eigenvalue weighted by molar-refractivity contribution is 5.87. The van der Waals surface area contributed by atoms with Gasteiger partial charge in [0.15, 0.2) is 0 Å². The van der Waals surface area contributed by atoms with Crippen molar-refractivity contribution in [3.63, 3.8) is 0 Å². The van der Waals surface area contributed by atoms with Gasteiger partial charge in [-0.25, -0.2) is 4.79 Å². The van der Waals surface area contributed by atoms with Crippen LogP contribution in [0.4, 0.5) is 0 Å². The van der Waals surface area contributed by atoms with Crippen LogP contribution >= 0.6 is 0 Å². The molecule has 0 unspecified atom stereocenters. The van der Waals surface area contributed by atoms with E-state index in [1.165, 1.54) is 0 Å². The van der Waals surface area contributed by atoms with Gasteiger partial charge in [-0.1, -0.05) is 12.1 Å². The molecule has 1 aliphatic rings. The molecule has 2 rings (SSSR count). The second-order valence-electron chi connectivity index (χ2n) is 4.50. The molecule has 0 aliphatic carbocycles. The molecule has 1 atom stereocenters. The van der Waals surface area contributed by atoms with Crippen molar-refractivity contribution in [2.45, 2.75) is 12.6 Å². The first-order chi connectivity index (χ1) is 9.06. The Labute approximate surface area is 110 Å². The molecular formula is C13H16N2O4. The van der Waals surface area contributed by atoms with Crippen LogP contribution < -0.4 is 5.73 Å². The summed E-state index contributed by atoms with van der Waals surface area (Å²) in [6.07, 6.45) is -0.587. The molecular weight excluding hydrogens is 248 g/mol. The first-order valence-corrected chi connectivity index (χ1v) is 6.02. The van der Waals surface area contributed by atoms with Crippen molar-refractivity contribution >= 4 is 11.9 Å². The standard InChI is InChI=1S/C13H16N2O4/c14-12(16)11-8-15(4-5-19-11)7-9-2-1-3-10(6-9)13(17)18/h1-3,6,11H,4-5,7-8H2,(H2,14,16)(H,17,18)/t11-/m1/s1. The molecule has 1 fully saturated rings. The SMILES string of the molecule is NC(=O)[C@H]1CN(Cc2cccc(C(=O)O)c2)CCO1. The van der Waals surface area contributed by atoms with Crippen molar-refractivity contribution in [2.24, 2.45) is 5.73 Å². The van der Waals surface area contributed by atoms with Crippen LogP contribution in [0.2, 0.25) is 0 Å². The summed E-state index contributed by atoms with van der Waals surface area (Å²) in [5.74, 6) is -1.41. The monoisotopic (exact) mass is 264 g/mol. The molecule has 6 heteroatoms. The van der Waals surface area contributed by atoms with Gasteiger partial charge in [0.05, 0.1) is 12.2 Å². The Morgan fingerprint density at radius 3 is 2.95 bits per heavy atom. The number of nitrogens with zero attached hydrogens (tertiary/aromatic N) is 1. The molecule has 0 radical (unpaired) electrons. The number of primary amides is 1. The topological polar surface area (TPSA) is 92.9 Å². The van der Waals surface area contributed by atoms with Crippen LogP contribution in [-0.2, 0) is 16.1 Å². The number of benzene rings is 1. The molecule has 19 heavy (non-hydrogen) atoms. The van der Waals surface area contributed by atoms with E-state index in [4.69, 9.17) is 15.6 Å². The average molecular weight is 264 g/mol. The summed E-state index contributed by atoms with van der Waals surface area (Å²) >= 11 is 0. The molecule has 0 spiro atoms. The van der Waals surface area contributed by atoms with E-state index in [0.717, 1.165) is 5.56 Å². The number of carbonyl (C=O) groups excluding carboxylic acids is 1. The van der Waals surface area contributed by atoms with Crippen LogP contribution in [0.1, 0.15) is 15.9 Å². The van der Waals surface area contributed by atoms with Gasteiger partial charge in [0.25, 0.3) is 0 Å². The van der Waals surface area contributed by atoms with Crippen molar-refractivity contribution in [3.05, 3.63) is 35.4 Å². The summed E-state index contributed by atoms with van der Waals surface area (Å²) in [6.45, 7) is 2.16. The fourth-order valence-corrected chi connectivity index (χ4v) is 2.08. The highest BCUT2D eigenvalue weighted by Gasteiger charge is 2.24. The molecule has 1 aliphatic heterocycles. The third kappa shape index (κ3) is 3.52. The maximum absolute atomic E-state index is 11.1. The molecule has 102 valence electrons. The van der Waals surface area contributed by atoms with E-state index in [-0.39, 0.29) is 5.56 Å². The predicted molar refractivity (Wildman–Crippen MR) is 67.6 cm³/mol. The van der Waals surface area contributed by atoms with Crippen molar-refractivity contribution in [2.75, 3.05) is 19.7 Å². The summed E-state index contributed by atoms with van der Waals surface area (Å²) in [7, 11) is 0. The Balaban J connectivity index is 2.02. The number of rotatable bonds is 4. The maximum Gasteiger partial charge on any atom is 0.335 e. The van der Waals surface area contributed by atoms with E-state index in [1.807, 2.05) is 11.0 Å². The Morgan fingerprint density at radius 2 is 2.26 bits per heavy atom. The van der Waals surface area contributed by atoms with E-state index in [0.29, 0.717) is 26.2 Å². The van der Waals surface area contributed by atoms with Gasteiger partial charge in [-0.3, -0.25) is 9.69 Å². The average Bonchev–Trinajstić information content (AvgIpc) is 2.39. The highest BCUT2D eigenvalue weighted by Crippen LogP contribution is 2.12. The molecule has 1 heterocycles. The van der Waals surface area contributed by atoms with E-state index in [1.54, 1.807) is 18.2 Å². The van der Waals surface area contributed by atoms with Crippen LogP contribution in [0, 0.1) is 0 Å². The van der Waals surface area contributed by atoms with Crippen molar-refractivity contribution in [1.29, 1.82) is 0 Å². The van der Waals surface area contributed by atoms with Gasteiger partial charge < -0.3 is 15.6 Å². The minimum atomic E-state index is -0.946. The fourth-order valence-electron chi connectivity index (χ4n) is 2.08. The third-order valence-electron chi connectivity index (χ3n) is 3.05. The van der Waals surface area contributed by atoms with E-state index in [9.17, 15) is 9.59 Å². The van der Waals surface area contributed by atoms with Crippen molar-refractivity contribution in [1.82, 2.24) is 4.90 Å². The molecule has 1 amide bonds. The number of carboxylic acid groups (broad SMARTS) is 1. The van der Waals surface area contributed by atoms with Crippen LogP contribution in [0.25, 0.3) is 0 Å². The summed E-state index contributed by atoms with van der Waals surface area (Å²) in [4.78, 5) is 24.0. The number of morpholine rings is 1. The Hall–Kier alpha value is -1.92. The minimum absolute atomic E-state index is 0.261. The quantitative estimate of drug-likeness (QED) is 0.802. The third-order valence-corrected chi connectivity index (χ3v) is 3.05. The lowest BCUT2D eigenvalue weighted by atomic mass is 10.1. The minimum Gasteiger partial charge on any atom is -0.478 e. The van der Waals surface area contributed by atoms with Crippen LogP contribution in [0.15, 0.2) is 24.3 Å². The van der Waals surface area contributed by atoms with Crippen molar-refractivity contribution in [3.8, 4) is 0 Å². The number of carboxylic acids is 1. The van der Waals surface area contributed by atoms with Gasteiger partial charge in [0, 0.05) is 19.6 Å².